The van der Waals surface area contributed by atoms with Crippen LogP contribution in [-0.2, 0) is 17.6 Å². The Kier molecular flexibility index (Phi) is 6.95. The summed E-state index contributed by atoms with van der Waals surface area (Å²) < 4.78 is 7.20. The van der Waals surface area contributed by atoms with Gasteiger partial charge >= 0.3 is 5.69 Å². The van der Waals surface area contributed by atoms with Crippen molar-refractivity contribution in [2.24, 2.45) is 0 Å². The van der Waals surface area contributed by atoms with Crippen molar-refractivity contribution in [1.29, 1.82) is 0 Å². The van der Waals surface area contributed by atoms with E-state index in [4.69, 9.17) is 27.9 Å². The number of aromatic amines is 1. The Morgan fingerprint density at radius 3 is 2.71 bits per heavy atom. The van der Waals surface area contributed by atoms with Crippen LogP contribution in [0.4, 0.5) is 0 Å². The van der Waals surface area contributed by atoms with Crippen LogP contribution in [0.25, 0.3) is 0 Å². The van der Waals surface area contributed by atoms with E-state index in [0.29, 0.717) is 41.5 Å². The van der Waals surface area contributed by atoms with Gasteiger partial charge in [0.25, 0.3) is 5.56 Å². The molecule has 1 aromatic heterocycles. The SMILES string of the molecule is CCc1cn([C@@H]2CC(O)[C@H](CNCCc3c(Cl)cccc3Cl)O2)c(=O)[nH]c1=O. The minimum atomic E-state index is -0.717. The summed E-state index contributed by atoms with van der Waals surface area (Å²) in [6.45, 7) is 2.86. The Bertz CT molecular complexity index is 923. The highest BCUT2D eigenvalue weighted by atomic mass is 35.5. The summed E-state index contributed by atoms with van der Waals surface area (Å²) in [5.41, 5.74) is 0.437. The van der Waals surface area contributed by atoms with Crippen molar-refractivity contribution < 1.29 is 9.84 Å². The highest BCUT2D eigenvalue weighted by Crippen LogP contribution is 2.27. The van der Waals surface area contributed by atoms with Gasteiger partial charge in [-0.05, 0) is 37.1 Å². The number of aromatic nitrogens is 2. The van der Waals surface area contributed by atoms with Gasteiger partial charge in [-0.3, -0.25) is 14.3 Å². The molecule has 7 nitrogen and oxygen atoms in total. The zero-order valence-corrected chi connectivity index (χ0v) is 17.0. The lowest BCUT2D eigenvalue weighted by Crippen LogP contribution is -2.36. The number of hydrogen-bond donors (Lipinski definition) is 3. The van der Waals surface area contributed by atoms with Crippen LogP contribution in [0.5, 0.6) is 0 Å². The number of aryl methyl sites for hydroxylation is 1. The summed E-state index contributed by atoms with van der Waals surface area (Å²) in [5, 5.41) is 14.8. The standard InChI is InChI=1S/C19H23Cl2N3O4/c1-2-11-10-24(19(27)23-18(11)26)17-8-15(25)16(28-17)9-22-7-6-12-13(20)4-3-5-14(12)21/h3-5,10,15-17,22,25H,2,6-9H2,1H3,(H,23,26,27)/t15?,16-,17-/m0/s1. The molecular formula is C19H23Cl2N3O4. The molecular weight excluding hydrogens is 405 g/mol. The predicted octanol–water partition coefficient (Wildman–Crippen LogP) is 1.89. The van der Waals surface area contributed by atoms with Gasteiger partial charge in [-0.1, -0.05) is 36.2 Å². The van der Waals surface area contributed by atoms with Crippen molar-refractivity contribution >= 4 is 23.2 Å². The molecule has 3 rings (SSSR count). The normalized spacial score (nSPS) is 21.9. The van der Waals surface area contributed by atoms with Gasteiger partial charge in [-0.25, -0.2) is 4.79 Å². The second-order valence-corrected chi connectivity index (χ2v) is 7.58. The summed E-state index contributed by atoms with van der Waals surface area (Å²) >= 11 is 12.3. The van der Waals surface area contributed by atoms with Gasteiger partial charge in [-0.2, -0.15) is 0 Å². The first kappa shape index (κ1) is 21.1. The number of nitrogens with one attached hydrogen (secondary N) is 2. The molecule has 0 saturated carbocycles. The molecule has 1 fully saturated rings. The van der Waals surface area contributed by atoms with Crippen molar-refractivity contribution in [3.05, 3.63) is 66.4 Å². The molecule has 3 N–H and O–H groups in total. The van der Waals surface area contributed by atoms with Gasteiger partial charge in [0, 0.05) is 34.8 Å². The summed E-state index contributed by atoms with van der Waals surface area (Å²) in [4.78, 5) is 26.1. The minimum absolute atomic E-state index is 0.276. The molecule has 1 saturated heterocycles. The summed E-state index contributed by atoms with van der Waals surface area (Å²) in [6.07, 6.45) is 1.13. The Morgan fingerprint density at radius 2 is 2.04 bits per heavy atom. The van der Waals surface area contributed by atoms with E-state index >= 15 is 0 Å². The van der Waals surface area contributed by atoms with Gasteiger partial charge in [0.15, 0.2) is 0 Å². The van der Waals surface area contributed by atoms with Gasteiger partial charge in [0.1, 0.15) is 6.23 Å². The maximum absolute atomic E-state index is 12.1. The topological polar surface area (TPSA) is 96.3 Å². The second kappa shape index (κ2) is 9.24. The van der Waals surface area contributed by atoms with E-state index in [9.17, 15) is 14.7 Å². The Morgan fingerprint density at radius 1 is 1.32 bits per heavy atom. The van der Waals surface area contributed by atoms with Crippen molar-refractivity contribution in [1.82, 2.24) is 14.9 Å². The van der Waals surface area contributed by atoms with E-state index in [1.807, 2.05) is 6.92 Å². The summed E-state index contributed by atoms with van der Waals surface area (Å²) in [5.74, 6) is 0. The molecule has 0 spiro atoms. The van der Waals surface area contributed by atoms with Gasteiger partial charge in [0.2, 0.25) is 0 Å². The number of H-pyrrole nitrogens is 1. The van der Waals surface area contributed by atoms with E-state index < -0.39 is 29.7 Å². The van der Waals surface area contributed by atoms with Gasteiger partial charge in [-0.15, -0.1) is 0 Å². The van der Waals surface area contributed by atoms with Crippen molar-refractivity contribution in [2.45, 2.75) is 44.6 Å². The van der Waals surface area contributed by atoms with E-state index in [0.717, 1.165) is 5.56 Å². The maximum atomic E-state index is 12.1. The first-order chi connectivity index (χ1) is 13.4. The van der Waals surface area contributed by atoms with E-state index in [1.54, 1.807) is 18.2 Å². The van der Waals surface area contributed by atoms with E-state index in [-0.39, 0.29) is 6.42 Å². The summed E-state index contributed by atoms with van der Waals surface area (Å²) in [6, 6.07) is 5.39. The zero-order chi connectivity index (χ0) is 20.3. The molecule has 1 unspecified atom stereocenters. The van der Waals surface area contributed by atoms with Crippen LogP contribution in [0.15, 0.2) is 34.0 Å². The third-order valence-corrected chi connectivity index (χ3v) is 5.60. The highest BCUT2D eigenvalue weighted by molar-refractivity contribution is 6.35. The van der Waals surface area contributed by atoms with E-state index in [1.165, 1.54) is 10.8 Å². The number of nitrogens with zero attached hydrogens (tertiary/aromatic N) is 1. The van der Waals surface area contributed by atoms with Crippen LogP contribution in [0.1, 0.15) is 30.7 Å². The smallest absolute Gasteiger partial charge is 0.330 e. The molecule has 9 heteroatoms. The van der Waals surface area contributed by atoms with Crippen LogP contribution >= 0.6 is 23.2 Å². The molecule has 2 aromatic rings. The highest BCUT2D eigenvalue weighted by Gasteiger charge is 2.35. The van der Waals surface area contributed by atoms with Crippen LogP contribution in [0.3, 0.4) is 0 Å². The average molecular weight is 428 g/mol. The first-order valence-electron chi connectivity index (χ1n) is 9.22. The fraction of sp³-hybridized carbons (Fsp3) is 0.474. The summed E-state index contributed by atoms with van der Waals surface area (Å²) in [7, 11) is 0. The van der Waals surface area contributed by atoms with Crippen molar-refractivity contribution in [2.75, 3.05) is 13.1 Å². The van der Waals surface area contributed by atoms with Crippen LogP contribution in [-0.4, -0.2) is 40.0 Å². The number of aliphatic hydroxyl groups is 1. The molecule has 0 aliphatic carbocycles. The van der Waals surface area contributed by atoms with Crippen LogP contribution in [0.2, 0.25) is 10.0 Å². The fourth-order valence-corrected chi connectivity index (χ4v) is 3.88. The molecule has 0 bridgehead atoms. The fourth-order valence-electron chi connectivity index (χ4n) is 3.29. The van der Waals surface area contributed by atoms with Gasteiger partial charge < -0.3 is 15.2 Å². The molecule has 2 heterocycles. The third-order valence-electron chi connectivity index (χ3n) is 4.90. The molecule has 3 atom stereocenters. The Labute approximate surface area is 172 Å². The monoisotopic (exact) mass is 427 g/mol. The average Bonchev–Trinajstić information content (AvgIpc) is 3.01. The third kappa shape index (κ3) is 4.67. The quantitative estimate of drug-likeness (QED) is 0.586. The zero-order valence-electron chi connectivity index (χ0n) is 15.5. The lowest BCUT2D eigenvalue weighted by Gasteiger charge is -2.17. The second-order valence-electron chi connectivity index (χ2n) is 6.76. The Hall–Kier alpha value is -1.64. The van der Waals surface area contributed by atoms with Crippen LogP contribution < -0.4 is 16.6 Å². The molecule has 1 aliphatic rings. The maximum Gasteiger partial charge on any atom is 0.330 e. The molecule has 152 valence electrons. The minimum Gasteiger partial charge on any atom is -0.390 e. The Balaban J connectivity index is 1.57. The molecule has 1 aromatic carbocycles. The number of ether oxygens (including phenoxy) is 1. The lowest BCUT2D eigenvalue weighted by molar-refractivity contribution is -0.0192. The molecule has 0 radical (unpaired) electrons. The van der Waals surface area contributed by atoms with E-state index in [2.05, 4.69) is 10.3 Å². The van der Waals surface area contributed by atoms with Gasteiger partial charge in [0.05, 0.1) is 12.2 Å². The van der Waals surface area contributed by atoms with Crippen molar-refractivity contribution in [3.63, 3.8) is 0 Å². The molecule has 1 aliphatic heterocycles. The number of hydrogen-bond acceptors (Lipinski definition) is 5. The first-order valence-corrected chi connectivity index (χ1v) is 9.97. The lowest BCUT2D eigenvalue weighted by atomic mass is 10.1. The number of halogens is 2. The predicted molar refractivity (Wildman–Crippen MR) is 108 cm³/mol. The molecule has 28 heavy (non-hydrogen) atoms. The number of aliphatic hydroxyl groups excluding tert-OH is 1. The number of rotatable bonds is 7. The molecule has 0 amide bonds. The largest absolute Gasteiger partial charge is 0.390 e. The van der Waals surface area contributed by atoms with Crippen molar-refractivity contribution in [3.8, 4) is 0 Å². The van der Waals surface area contributed by atoms with Crippen LogP contribution in [0, 0.1) is 0 Å². The number of benzene rings is 1.